The molecule has 112 valence electrons. The lowest BCUT2D eigenvalue weighted by Crippen LogP contribution is -2.34. The molecule has 1 aromatic carbocycles. The normalized spacial score (nSPS) is 18.1. The van der Waals surface area contributed by atoms with E-state index >= 15 is 0 Å². The molecular weight excluding hydrogens is 250 g/mol. The molecule has 0 aromatic heterocycles. The van der Waals surface area contributed by atoms with Gasteiger partial charge < -0.3 is 14.7 Å². The van der Waals surface area contributed by atoms with Gasteiger partial charge in [0.15, 0.2) is 0 Å². The van der Waals surface area contributed by atoms with Gasteiger partial charge in [0.05, 0.1) is 13.2 Å². The molecule has 3 heteroatoms. The van der Waals surface area contributed by atoms with E-state index in [9.17, 15) is 5.11 Å². The maximum Gasteiger partial charge on any atom is 0.126 e. The van der Waals surface area contributed by atoms with Crippen LogP contribution in [0.3, 0.4) is 0 Å². The SMILES string of the molecule is CCCC1CCN(c2cccc(OC)c2C(C)O)CC1. The molecule has 1 unspecified atom stereocenters. The Morgan fingerprint density at radius 3 is 2.60 bits per heavy atom. The van der Waals surface area contributed by atoms with Crippen LogP contribution in [0.2, 0.25) is 0 Å². The lowest BCUT2D eigenvalue weighted by Gasteiger charge is -2.35. The third kappa shape index (κ3) is 3.26. The van der Waals surface area contributed by atoms with Gasteiger partial charge in [-0.3, -0.25) is 0 Å². The smallest absolute Gasteiger partial charge is 0.126 e. The van der Waals surface area contributed by atoms with E-state index in [1.54, 1.807) is 7.11 Å². The minimum atomic E-state index is -0.505. The molecule has 2 rings (SSSR count). The fourth-order valence-corrected chi connectivity index (χ4v) is 3.28. The Bertz CT molecular complexity index is 423. The standard InChI is InChI=1S/C17H27NO2/c1-4-6-14-9-11-18(12-10-14)15-7-5-8-16(20-3)17(15)13(2)19/h5,7-8,13-14,19H,4,6,9-12H2,1-3H3. The number of nitrogens with zero attached hydrogens (tertiary/aromatic N) is 1. The van der Waals surface area contributed by atoms with Gasteiger partial charge in [-0.2, -0.15) is 0 Å². The van der Waals surface area contributed by atoms with Crippen LogP contribution in [-0.2, 0) is 0 Å². The Morgan fingerprint density at radius 2 is 2.05 bits per heavy atom. The first-order valence-corrected chi connectivity index (χ1v) is 7.77. The minimum Gasteiger partial charge on any atom is -0.496 e. The lowest BCUT2D eigenvalue weighted by atomic mass is 9.91. The zero-order valence-electron chi connectivity index (χ0n) is 12.9. The molecule has 0 bridgehead atoms. The average Bonchev–Trinajstić information content (AvgIpc) is 2.47. The van der Waals surface area contributed by atoms with Crippen LogP contribution >= 0.6 is 0 Å². The van der Waals surface area contributed by atoms with Gasteiger partial charge in [0.1, 0.15) is 5.75 Å². The van der Waals surface area contributed by atoms with Crippen molar-refractivity contribution in [2.24, 2.45) is 5.92 Å². The van der Waals surface area contributed by atoms with Gasteiger partial charge in [-0.05, 0) is 37.8 Å². The van der Waals surface area contributed by atoms with E-state index in [0.717, 1.165) is 36.0 Å². The molecule has 1 fully saturated rings. The third-order valence-corrected chi connectivity index (χ3v) is 4.33. The van der Waals surface area contributed by atoms with Crippen LogP contribution in [0.15, 0.2) is 18.2 Å². The number of ether oxygens (including phenoxy) is 1. The van der Waals surface area contributed by atoms with Crippen molar-refractivity contribution < 1.29 is 9.84 Å². The molecule has 1 atom stereocenters. The fraction of sp³-hybridized carbons (Fsp3) is 0.647. The van der Waals surface area contributed by atoms with Crippen molar-refractivity contribution in [2.45, 2.75) is 45.6 Å². The second-order valence-electron chi connectivity index (χ2n) is 5.79. The summed E-state index contributed by atoms with van der Waals surface area (Å²) >= 11 is 0. The second-order valence-corrected chi connectivity index (χ2v) is 5.79. The van der Waals surface area contributed by atoms with Crippen molar-refractivity contribution in [3.05, 3.63) is 23.8 Å². The van der Waals surface area contributed by atoms with Crippen LogP contribution in [0.5, 0.6) is 5.75 Å². The minimum absolute atomic E-state index is 0.505. The number of aliphatic hydroxyl groups excluding tert-OH is 1. The molecular formula is C17H27NO2. The van der Waals surface area contributed by atoms with E-state index in [4.69, 9.17) is 4.74 Å². The lowest BCUT2D eigenvalue weighted by molar-refractivity contribution is 0.194. The molecule has 1 aliphatic rings. The van der Waals surface area contributed by atoms with Crippen molar-refractivity contribution in [3.8, 4) is 5.75 Å². The van der Waals surface area contributed by atoms with Gasteiger partial charge >= 0.3 is 0 Å². The van der Waals surface area contributed by atoms with Crippen LogP contribution in [0.25, 0.3) is 0 Å². The molecule has 3 nitrogen and oxygen atoms in total. The molecule has 0 aliphatic carbocycles. The van der Waals surface area contributed by atoms with E-state index in [0.29, 0.717) is 0 Å². The zero-order chi connectivity index (χ0) is 14.5. The van der Waals surface area contributed by atoms with Crippen molar-refractivity contribution in [1.82, 2.24) is 0 Å². The number of methoxy groups -OCH3 is 1. The van der Waals surface area contributed by atoms with Crippen LogP contribution in [0.4, 0.5) is 5.69 Å². The van der Waals surface area contributed by atoms with Gasteiger partial charge in [0, 0.05) is 24.3 Å². The first-order valence-electron chi connectivity index (χ1n) is 7.77. The highest BCUT2D eigenvalue weighted by Gasteiger charge is 2.23. The molecule has 0 radical (unpaired) electrons. The summed E-state index contributed by atoms with van der Waals surface area (Å²) in [6.07, 6.45) is 4.63. The summed E-state index contributed by atoms with van der Waals surface area (Å²) in [7, 11) is 1.67. The first-order chi connectivity index (χ1) is 9.67. The maximum absolute atomic E-state index is 10.1. The number of hydrogen-bond acceptors (Lipinski definition) is 3. The maximum atomic E-state index is 10.1. The van der Waals surface area contributed by atoms with Crippen molar-refractivity contribution in [3.63, 3.8) is 0 Å². The fourth-order valence-electron chi connectivity index (χ4n) is 3.28. The van der Waals surface area contributed by atoms with E-state index in [2.05, 4.69) is 17.9 Å². The summed E-state index contributed by atoms with van der Waals surface area (Å²) in [5.74, 6) is 1.66. The number of rotatable bonds is 5. The van der Waals surface area contributed by atoms with Crippen molar-refractivity contribution >= 4 is 5.69 Å². The van der Waals surface area contributed by atoms with Gasteiger partial charge in [0.25, 0.3) is 0 Å². The third-order valence-electron chi connectivity index (χ3n) is 4.33. The van der Waals surface area contributed by atoms with Gasteiger partial charge in [0.2, 0.25) is 0 Å². The first kappa shape index (κ1) is 15.2. The predicted molar refractivity (Wildman–Crippen MR) is 83.5 cm³/mol. The van der Waals surface area contributed by atoms with Crippen molar-refractivity contribution in [1.29, 1.82) is 0 Å². The highest BCUT2D eigenvalue weighted by molar-refractivity contribution is 5.60. The van der Waals surface area contributed by atoms with E-state index in [1.807, 2.05) is 19.1 Å². The summed E-state index contributed by atoms with van der Waals surface area (Å²) in [5, 5.41) is 10.1. The average molecular weight is 277 g/mol. The molecule has 0 saturated carbocycles. The quantitative estimate of drug-likeness (QED) is 0.889. The number of hydrogen-bond donors (Lipinski definition) is 1. The molecule has 0 amide bonds. The van der Waals surface area contributed by atoms with Crippen LogP contribution in [0.1, 0.15) is 51.2 Å². The molecule has 1 N–H and O–H groups in total. The van der Waals surface area contributed by atoms with Gasteiger partial charge in [-0.25, -0.2) is 0 Å². The second kappa shape index (κ2) is 6.98. The van der Waals surface area contributed by atoms with E-state index in [-0.39, 0.29) is 0 Å². The Hall–Kier alpha value is -1.22. The summed E-state index contributed by atoms with van der Waals surface area (Å²) in [4.78, 5) is 2.40. The summed E-state index contributed by atoms with van der Waals surface area (Å²) in [6, 6.07) is 6.04. The number of anilines is 1. The molecule has 20 heavy (non-hydrogen) atoms. The summed E-state index contributed by atoms with van der Waals surface area (Å²) in [6.45, 7) is 6.24. The van der Waals surface area contributed by atoms with Crippen LogP contribution in [-0.4, -0.2) is 25.3 Å². The summed E-state index contributed by atoms with van der Waals surface area (Å²) in [5.41, 5.74) is 2.05. The Labute approximate surface area is 122 Å². The topological polar surface area (TPSA) is 32.7 Å². The highest BCUT2D eigenvalue weighted by Crippen LogP contribution is 2.36. The zero-order valence-corrected chi connectivity index (χ0v) is 12.9. The molecule has 1 heterocycles. The van der Waals surface area contributed by atoms with E-state index < -0.39 is 6.10 Å². The van der Waals surface area contributed by atoms with Crippen LogP contribution in [0, 0.1) is 5.92 Å². The Morgan fingerprint density at radius 1 is 1.35 bits per heavy atom. The highest BCUT2D eigenvalue weighted by atomic mass is 16.5. The summed E-state index contributed by atoms with van der Waals surface area (Å²) < 4.78 is 5.41. The molecule has 1 aliphatic heterocycles. The van der Waals surface area contributed by atoms with Gasteiger partial charge in [-0.1, -0.05) is 25.8 Å². The number of aliphatic hydroxyl groups is 1. The Kier molecular flexibility index (Phi) is 5.30. The van der Waals surface area contributed by atoms with Crippen molar-refractivity contribution in [2.75, 3.05) is 25.1 Å². The monoisotopic (exact) mass is 277 g/mol. The Balaban J connectivity index is 2.17. The largest absolute Gasteiger partial charge is 0.496 e. The molecule has 1 saturated heterocycles. The number of piperidine rings is 1. The van der Waals surface area contributed by atoms with Crippen LogP contribution < -0.4 is 9.64 Å². The molecule has 1 aromatic rings. The predicted octanol–water partition coefficient (Wildman–Crippen LogP) is 3.77. The van der Waals surface area contributed by atoms with Gasteiger partial charge in [-0.15, -0.1) is 0 Å². The number of benzene rings is 1. The van der Waals surface area contributed by atoms with E-state index in [1.165, 1.54) is 25.7 Å². The molecule has 0 spiro atoms.